The number of halogens is 1. The van der Waals surface area contributed by atoms with Crippen molar-refractivity contribution >= 4 is 23.5 Å². The Balaban J connectivity index is 1.31. The summed E-state index contributed by atoms with van der Waals surface area (Å²) in [6.45, 7) is 7.20. The number of nitrogens with one attached hydrogen (secondary N) is 1. The number of rotatable bonds is 7. The maximum Gasteiger partial charge on any atom is 0.293 e. The third-order valence-electron chi connectivity index (χ3n) is 4.98. The molecule has 0 unspecified atom stereocenters. The zero-order chi connectivity index (χ0) is 23.4. The van der Waals surface area contributed by atoms with Crippen LogP contribution in [0.2, 0.25) is 5.02 Å². The molecular weight excluding hydrogens is 440 g/mol. The molecular formula is C25H25ClN4O3. The molecule has 8 heteroatoms. The highest BCUT2D eigenvalue weighted by atomic mass is 35.5. The summed E-state index contributed by atoms with van der Waals surface area (Å²) in [5, 5.41) is 7.57. The number of ether oxygens (including phenoxy) is 1. The van der Waals surface area contributed by atoms with Gasteiger partial charge in [-0.1, -0.05) is 56.6 Å². The van der Waals surface area contributed by atoms with Crippen molar-refractivity contribution in [3.05, 3.63) is 94.7 Å². The monoisotopic (exact) mass is 464 g/mol. The van der Waals surface area contributed by atoms with Crippen LogP contribution < -0.4 is 10.1 Å². The molecule has 7 nitrogen and oxygen atoms in total. The number of aromatic nitrogens is 3. The molecule has 2 aromatic carbocycles. The highest BCUT2D eigenvalue weighted by molar-refractivity contribution is 6.30. The number of hydrogen-bond donors (Lipinski definition) is 1. The number of anilines is 1. The lowest BCUT2D eigenvalue weighted by Gasteiger charge is -2.19. The van der Waals surface area contributed by atoms with E-state index < -0.39 is 5.91 Å². The van der Waals surface area contributed by atoms with E-state index in [2.05, 4.69) is 48.3 Å². The van der Waals surface area contributed by atoms with Crippen LogP contribution in [0.4, 0.5) is 5.95 Å². The van der Waals surface area contributed by atoms with Crippen LogP contribution in [0.25, 0.3) is 0 Å². The number of amides is 1. The van der Waals surface area contributed by atoms with E-state index in [4.69, 9.17) is 20.8 Å². The Morgan fingerprint density at radius 3 is 2.64 bits per heavy atom. The predicted molar refractivity (Wildman–Crippen MR) is 127 cm³/mol. The van der Waals surface area contributed by atoms with Gasteiger partial charge in [0.25, 0.3) is 5.91 Å². The summed E-state index contributed by atoms with van der Waals surface area (Å²) in [5.41, 5.74) is 2.30. The average Bonchev–Trinajstić information content (AvgIpc) is 3.42. The number of nitrogens with zero attached hydrogens (tertiary/aromatic N) is 3. The van der Waals surface area contributed by atoms with Crippen molar-refractivity contribution < 1.29 is 13.9 Å². The average molecular weight is 465 g/mol. The van der Waals surface area contributed by atoms with E-state index in [1.807, 2.05) is 36.4 Å². The summed E-state index contributed by atoms with van der Waals surface area (Å²) in [6, 6.07) is 18.8. The Morgan fingerprint density at radius 2 is 1.91 bits per heavy atom. The van der Waals surface area contributed by atoms with Gasteiger partial charge in [0.2, 0.25) is 5.95 Å². The topological polar surface area (TPSA) is 82.2 Å². The first-order valence-corrected chi connectivity index (χ1v) is 10.9. The molecule has 4 rings (SSSR count). The van der Waals surface area contributed by atoms with Gasteiger partial charge in [0, 0.05) is 5.02 Å². The normalized spacial score (nSPS) is 11.4. The van der Waals surface area contributed by atoms with Crippen molar-refractivity contribution in [3.63, 3.8) is 0 Å². The molecule has 4 aromatic rings. The summed E-state index contributed by atoms with van der Waals surface area (Å²) in [6.07, 6.45) is 1.54. The van der Waals surface area contributed by atoms with Crippen LogP contribution in [0.5, 0.6) is 5.75 Å². The molecule has 0 spiro atoms. The molecule has 2 heterocycles. The minimum Gasteiger partial charge on any atom is -0.486 e. The molecule has 0 aliphatic carbocycles. The first-order valence-electron chi connectivity index (χ1n) is 10.5. The predicted octanol–water partition coefficient (Wildman–Crippen LogP) is 5.70. The fourth-order valence-corrected chi connectivity index (χ4v) is 3.41. The number of carbonyl (C=O) groups excluding carboxylic acids is 1. The molecule has 0 saturated heterocycles. The van der Waals surface area contributed by atoms with Gasteiger partial charge in [0.15, 0.2) is 5.76 Å². The van der Waals surface area contributed by atoms with E-state index in [1.54, 1.807) is 23.1 Å². The summed E-state index contributed by atoms with van der Waals surface area (Å²) in [7, 11) is 0. The lowest BCUT2D eigenvalue weighted by atomic mass is 9.87. The molecule has 0 fully saturated rings. The Kier molecular flexibility index (Phi) is 6.51. The van der Waals surface area contributed by atoms with Crippen LogP contribution in [0, 0.1) is 0 Å². The van der Waals surface area contributed by atoms with Gasteiger partial charge in [-0.2, -0.15) is 0 Å². The number of carbonyl (C=O) groups is 1. The lowest BCUT2D eigenvalue weighted by Crippen LogP contribution is -2.12. The van der Waals surface area contributed by atoms with Crippen molar-refractivity contribution in [2.75, 3.05) is 5.32 Å². The van der Waals surface area contributed by atoms with Crippen LogP contribution >= 0.6 is 11.6 Å². The van der Waals surface area contributed by atoms with E-state index in [-0.39, 0.29) is 23.7 Å². The summed E-state index contributed by atoms with van der Waals surface area (Å²) in [5.74, 6) is 1.19. The second-order valence-electron chi connectivity index (χ2n) is 8.68. The highest BCUT2D eigenvalue weighted by Gasteiger charge is 2.15. The molecule has 33 heavy (non-hydrogen) atoms. The fourth-order valence-electron chi connectivity index (χ4n) is 3.20. The third kappa shape index (κ3) is 6.02. The van der Waals surface area contributed by atoms with Gasteiger partial charge in [-0.3, -0.25) is 10.1 Å². The second kappa shape index (κ2) is 9.50. The number of hydrogen-bond acceptors (Lipinski definition) is 5. The van der Waals surface area contributed by atoms with Crippen molar-refractivity contribution in [1.82, 2.24) is 14.8 Å². The molecule has 0 saturated carbocycles. The van der Waals surface area contributed by atoms with Crippen molar-refractivity contribution in [3.8, 4) is 5.75 Å². The van der Waals surface area contributed by atoms with Crippen molar-refractivity contribution in [1.29, 1.82) is 0 Å². The van der Waals surface area contributed by atoms with Crippen LogP contribution in [0.3, 0.4) is 0 Å². The van der Waals surface area contributed by atoms with E-state index in [9.17, 15) is 4.79 Å². The molecule has 0 aliphatic heterocycles. The molecule has 0 aliphatic rings. The van der Waals surface area contributed by atoms with Crippen LogP contribution in [0.1, 0.15) is 48.2 Å². The minimum absolute atomic E-state index is 0.0851. The molecule has 0 radical (unpaired) electrons. The number of furan rings is 1. The zero-order valence-electron chi connectivity index (χ0n) is 18.7. The Bertz CT molecular complexity index is 1240. The first kappa shape index (κ1) is 22.6. The Morgan fingerprint density at radius 1 is 1.12 bits per heavy atom. The van der Waals surface area contributed by atoms with Gasteiger partial charge >= 0.3 is 0 Å². The first-order chi connectivity index (χ1) is 15.8. The van der Waals surface area contributed by atoms with Gasteiger partial charge in [-0.15, -0.1) is 5.10 Å². The van der Waals surface area contributed by atoms with E-state index in [0.29, 0.717) is 17.3 Å². The third-order valence-corrected chi connectivity index (χ3v) is 5.22. The van der Waals surface area contributed by atoms with E-state index in [0.717, 1.165) is 11.3 Å². The van der Waals surface area contributed by atoms with Gasteiger partial charge in [-0.05, 0) is 52.9 Å². The van der Waals surface area contributed by atoms with Crippen LogP contribution in [0.15, 0.2) is 71.4 Å². The van der Waals surface area contributed by atoms with Crippen molar-refractivity contribution in [2.24, 2.45) is 0 Å². The molecule has 170 valence electrons. The summed E-state index contributed by atoms with van der Waals surface area (Å²) >= 11 is 6.01. The molecule has 1 amide bonds. The van der Waals surface area contributed by atoms with E-state index >= 15 is 0 Å². The minimum atomic E-state index is -0.434. The highest BCUT2D eigenvalue weighted by Crippen LogP contribution is 2.24. The fraction of sp³-hybridized carbons (Fsp3) is 0.240. The maximum absolute atomic E-state index is 12.5. The molecule has 2 aromatic heterocycles. The molecule has 0 atom stereocenters. The quantitative estimate of drug-likeness (QED) is 0.379. The van der Waals surface area contributed by atoms with E-state index in [1.165, 1.54) is 5.56 Å². The summed E-state index contributed by atoms with van der Waals surface area (Å²) in [4.78, 5) is 16.6. The second-order valence-corrected chi connectivity index (χ2v) is 9.12. The lowest BCUT2D eigenvalue weighted by molar-refractivity contribution is 0.0991. The number of benzene rings is 2. The maximum atomic E-state index is 12.5. The van der Waals surface area contributed by atoms with Gasteiger partial charge in [-0.25, -0.2) is 9.67 Å². The standard InChI is InChI=1S/C25H25ClN4O3/c1-25(2,3)18-7-9-20(10-8-18)32-15-21-11-12-22(33-21)23(31)28-24-27-16-30(29-24)14-17-5-4-6-19(26)13-17/h4-13,16H,14-15H2,1-3H3,(H,28,29,31). The smallest absolute Gasteiger partial charge is 0.293 e. The van der Waals surface area contributed by atoms with Crippen LogP contribution in [-0.2, 0) is 18.6 Å². The Hall–Kier alpha value is -3.58. The molecule has 1 N–H and O–H groups in total. The van der Waals surface area contributed by atoms with Crippen molar-refractivity contribution in [2.45, 2.75) is 39.3 Å². The van der Waals surface area contributed by atoms with Gasteiger partial charge in [0.05, 0.1) is 6.54 Å². The largest absolute Gasteiger partial charge is 0.486 e. The summed E-state index contributed by atoms with van der Waals surface area (Å²) < 4.78 is 13.0. The Labute approximate surface area is 197 Å². The van der Waals surface area contributed by atoms with Gasteiger partial charge in [0.1, 0.15) is 24.4 Å². The zero-order valence-corrected chi connectivity index (χ0v) is 19.5. The van der Waals surface area contributed by atoms with Crippen LogP contribution in [-0.4, -0.2) is 20.7 Å². The molecule has 0 bridgehead atoms. The SMILES string of the molecule is CC(C)(C)c1ccc(OCc2ccc(C(=O)Nc3ncn(Cc4cccc(Cl)c4)n3)o2)cc1. The van der Waals surface area contributed by atoms with Gasteiger partial charge < -0.3 is 9.15 Å².